The Hall–Kier alpha value is -1.62. The van der Waals surface area contributed by atoms with Gasteiger partial charge >= 0.3 is 0 Å². The molecule has 1 N–H and O–H groups in total. The first-order chi connectivity index (χ1) is 9.62. The highest BCUT2D eigenvalue weighted by molar-refractivity contribution is 5.56. The zero-order chi connectivity index (χ0) is 15.0. The van der Waals surface area contributed by atoms with Crippen molar-refractivity contribution >= 4 is 11.4 Å². The Morgan fingerprint density at radius 2 is 2.00 bits per heavy atom. The van der Waals surface area contributed by atoms with Crippen LogP contribution in [0.15, 0.2) is 18.2 Å². The van der Waals surface area contributed by atoms with Gasteiger partial charge in [-0.25, -0.2) is 0 Å². The maximum absolute atomic E-state index is 10.9. The van der Waals surface area contributed by atoms with E-state index in [1.807, 2.05) is 6.07 Å². The van der Waals surface area contributed by atoms with Crippen molar-refractivity contribution in [2.75, 3.05) is 25.0 Å². The smallest absolute Gasteiger partial charge is 0.269 e. The third-order valence-corrected chi connectivity index (χ3v) is 3.25. The van der Waals surface area contributed by atoms with Crippen LogP contribution in [0.5, 0.6) is 0 Å². The summed E-state index contributed by atoms with van der Waals surface area (Å²) in [5, 5.41) is 14.3. The summed E-state index contributed by atoms with van der Waals surface area (Å²) >= 11 is 0. The van der Waals surface area contributed by atoms with Gasteiger partial charge in [0.2, 0.25) is 0 Å². The third kappa shape index (κ3) is 4.81. The summed E-state index contributed by atoms with van der Waals surface area (Å²) in [5.41, 5.74) is 2.17. The first kappa shape index (κ1) is 16.4. The van der Waals surface area contributed by atoms with Crippen molar-refractivity contribution in [3.63, 3.8) is 0 Å². The lowest BCUT2D eigenvalue weighted by Crippen LogP contribution is -2.24. The number of nitrogens with one attached hydrogen (secondary N) is 1. The fourth-order valence-corrected chi connectivity index (χ4v) is 2.16. The van der Waals surface area contributed by atoms with E-state index >= 15 is 0 Å². The number of non-ortho nitro benzene ring substituents is 1. The van der Waals surface area contributed by atoms with E-state index in [9.17, 15) is 10.1 Å². The minimum Gasteiger partial charge on any atom is -0.385 e. The fourth-order valence-electron chi connectivity index (χ4n) is 2.16. The Morgan fingerprint density at radius 1 is 1.25 bits per heavy atom. The predicted molar refractivity (Wildman–Crippen MR) is 83.1 cm³/mol. The summed E-state index contributed by atoms with van der Waals surface area (Å²) in [6, 6.07) is 5.08. The highest BCUT2D eigenvalue weighted by atomic mass is 16.6. The summed E-state index contributed by atoms with van der Waals surface area (Å²) < 4.78 is 0. The van der Waals surface area contributed by atoms with Crippen LogP contribution in [0.3, 0.4) is 0 Å². The minimum atomic E-state index is -0.330. The van der Waals surface area contributed by atoms with Crippen LogP contribution in [0.2, 0.25) is 0 Å². The molecule has 1 rings (SSSR count). The van der Waals surface area contributed by atoms with Gasteiger partial charge in [0.1, 0.15) is 0 Å². The van der Waals surface area contributed by atoms with Crippen molar-refractivity contribution in [3.8, 4) is 0 Å². The molecule has 0 spiro atoms. The van der Waals surface area contributed by atoms with Gasteiger partial charge in [-0.3, -0.25) is 15.0 Å². The van der Waals surface area contributed by atoms with Gasteiger partial charge in [0, 0.05) is 30.9 Å². The van der Waals surface area contributed by atoms with Crippen LogP contribution in [-0.4, -0.2) is 29.5 Å². The van der Waals surface area contributed by atoms with E-state index in [4.69, 9.17) is 0 Å². The molecule has 0 atom stereocenters. The van der Waals surface area contributed by atoms with Crippen LogP contribution in [-0.2, 0) is 6.54 Å². The van der Waals surface area contributed by atoms with E-state index in [1.54, 1.807) is 12.1 Å². The lowest BCUT2D eigenvalue weighted by atomic mass is 10.1. The van der Waals surface area contributed by atoms with E-state index in [-0.39, 0.29) is 10.6 Å². The molecule has 112 valence electrons. The quantitative estimate of drug-likeness (QED) is 0.553. The second kappa shape index (κ2) is 8.53. The van der Waals surface area contributed by atoms with Gasteiger partial charge < -0.3 is 5.32 Å². The van der Waals surface area contributed by atoms with Gasteiger partial charge in [0.15, 0.2) is 0 Å². The van der Waals surface area contributed by atoms with Crippen LogP contribution in [0.1, 0.15) is 39.2 Å². The molecular formula is C15H25N3O2. The predicted octanol–water partition coefficient (Wildman–Crippen LogP) is 3.65. The Bertz CT molecular complexity index is 435. The third-order valence-electron chi connectivity index (χ3n) is 3.25. The van der Waals surface area contributed by atoms with Crippen LogP contribution in [0.25, 0.3) is 0 Å². The van der Waals surface area contributed by atoms with E-state index < -0.39 is 0 Å². The van der Waals surface area contributed by atoms with Gasteiger partial charge in [-0.15, -0.1) is 0 Å². The number of nitrogens with zero attached hydrogens (tertiary/aromatic N) is 2. The van der Waals surface area contributed by atoms with Crippen molar-refractivity contribution in [1.29, 1.82) is 0 Å². The maximum atomic E-state index is 10.9. The molecule has 0 saturated heterocycles. The number of hydrogen-bond donors (Lipinski definition) is 1. The number of hydrogen-bond acceptors (Lipinski definition) is 4. The zero-order valence-corrected chi connectivity index (χ0v) is 12.7. The van der Waals surface area contributed by atoms with Crippen LogP contribution < -0.4 is 5.32 Å². The van der Waals surface area contributed by atoms with E-state index in [2.05, 4.69) is 31.0 Å². The Labute approximate surface area is 121 Å². The normalized spacial score (nSPS) is 10.8. The summed E-state index contributed by atoms with van der Waals surface area (Å²) in [7, 11) is 0. The molecule has 1 aromatic carbocycles. The standard InChI is InChI=1S/C15H25N3O2/c1-4-9-16-15-8-7-14(18(19)20)11-13(15)12-17(6-3)10-5-2/h7-8,11,16H,4-6,9-10,12H2,1-3H3. The summed E-state index contributed by atoms with van der Waals surface area (Å²) in [5.74, 6) is 0. The molecule has 0 heterocycles. The highest BCUT2D eigenvalue weighted by Gasteiger charge is 2.13. The topological polar surface area (TPSA) is 58.4 Å². The molecule has 0 fully saturated rings. The molecule has 20 heavy (non-hydrogen) atoms. The molecule has 0 radical (unpaired) electrons. The molecule has 1 aromatic rings. The lowest BCUT2D eigenvalue weighted by Gasteiger charge is -2.21. The zero-order valence-electron chi connectivity index (χ0n) is 12.7. The van der Waals surface area contributed by atoms with Crippen molar-refractivity contribution in [3.05, 3.63) is 33.9 Å². The van der Waals surface area contributed by atoms with Crippen LogP contribution >= 0.6 is 0 Å². The summed E-state index contributed by atoms with van der Waals surface area (Å²) in [4.78, 5) is 12.9. The molecule has 0 aromatic heterocycles. The van der Waals surface area contributed by atoms with Crippen molar-refractivity contribution in [1.82, 2.24) is 4.90 Å². The molecule has 0 bridgehead atoms. The van der Waals surface area contributed by atoms with Crippen molar-refractivity contribution in [2.45, 2.75) is 40.2 Å². The summed E-state index contributed by atoms with van der Waals surface area (Å²) in [6.45, 7) is 9.95. The highest BCUT2D eigenvalue weighted by Crippen LogP contribution is 2.23. The molecule has 5 heteroatoms. The number of nitro groups is 1. The average molecular weight is 279 g/mol. The molecule has 0 saturated carbocycles. The summed E-state index contributed by atoms with van der Waals surface area (Å²) in [6.07, 6.45) is 2.11. The first-order valence-corrected chi connectivity index (χ1v) is 7.35. The molecule has 0 unspecified atom stereocenters. The number of rotatable bonds is 9. The second-order valence-corrected chi connectivity index (χ2v) is 4.89. The van der Waals surface area contributed by atoms with E-state index in [0.717, 1.165) is 50.3 Å². The van der Waals surface area contributed by atoms with E-state index in [0.29, 0.717) is 0 Å². The largest absolute Gasteiger partial charge is 0.385 e. The number of nitro benzene ring substituents is 1. The molecule has 0 aliphatic carbocycles. The average Bonchev–Trinajstić information content (AvgIpc) is 2.45. The van der Waals surface area contributed by atoms with E-state index in [1.165, 1.54) is 0 Å². The monoisotopic (exact) mass is 279 g/mol. The van der Waals surface area contributed by atoms with Gasteiger partial charge in [0.05, 0.1) is 4.92 Å². The van der Waals surface area contributed by atoms with Crippen molar-refractivity contribution in [2.24, 2.45) is 0 Å². The molecular weight excluding hydrogens is 254 g/mol. The first-order valence-electron chi connectivity index (χ1n) is 7.35. The van der Waals surface area contributed by atoms with Gasteiger partial charge in [-0.1, -0.05) is 20.8 Å². The Morgan fingerprint density at radius 3 is 2.55 bits per heavy atom. The van der Waals surface area contributed by atoms with Gasteiger partial charge in [-0.2, -0.15) is 0 Å². The SMILES string of the molecule is CCCNc1ccc([N+](=O)[O-])cc1CN(CC)CCC. The Kier molecular flexibility index (Phi) is 7.01. The van der Waals surface area contributed by atoms with Crippen molar-refractivity contribution < 1.29 is 4.92 Å². The maximum Gasteiger partial charge on any atom is 0.269 e. The lowest BCUT2D eigenvalue weighted by molar-refractivity contribution is -0.384. The number of anilines is 1. The van der Waals surface area contributed by atoms with Gasteiger partial charge in [0.25, 0.3) is 5.69 Å². The molecule has 0 aliphatic rings. The molecule has 5 nitrogen and oxygen atoms in total. The molecule has 0 aliphatic heterocycles. The fraction of sp³-hybridized carbons (Fsp3) is 0.600. The van der Waals surface area contributed by atoms with Crippen LogP contribution in [0, 0.1) is 10.1 Å². The molecule has 0 amide bonds. The van der Waals surface area contributed by atoms with Crippen LogP contribution in [0.4, 0.5) is 11.4 Å². The second-order valence-electron chi connectivity index (χ2n) is 4.89. The number of benzene rings is 1. The Balaban J connectivity index is 2.97. The van der Waals surface area contributed by atoms with Gasteiger partial charge in [-0.05, 0) is 37.6 Å². The minimum absolute atomic E-state index is 0.162.